The average Bonchev–Trinajstić information content (AvgIpc) is 2.95. The number of carbonyl (C=O) groups is 1. The van der Waals surface area contributed by atoms with Crippen molar-refractivity contribution >= 4 is 21.8 Å². The number of likely N-dealkylation sites (tertiary alicyclic amines) is 1. The first-order valence-electron chi connectivity index (χ1n) is 7.01. The maximum Gasteiger partial charge on any atom is 0.267 e. The molecule has 4 nitrogen and oxygen atoms in total. The highest BCUT2D eigenvalue weighted by Crippen LogP contribution is 2.32. The number of para-hydroxylation sites is 2. The summed E-state index contributed by atoms with van der Waals surface area (Å²) in [5, 5.41) is 0.996. The quantitative estimate of drug-likeness (QED) is 0.794. The number of nitrogens with zero attached hydrogens (tertiary/aromatic N) is 1. The van der Waals surface area contributed by atoms with Gasteiger partial charge >= 0.3 is 0 Å². The molecule has 2 aliphatic rings. The van der Waals surface area contributed by atoms with Gasteiger partial charge in [-0.05, 0) is 30.9 Å². The lowest BCUT2D eigenvalue weighted by Gasteiger charge is -2.28. The molecule has 2 aliphatic heterocycles. The summed E-state index contributed by atoms with van der Waals surface area (Å²) in [6, 6.07) is 7.48. The number of rotatable bonds is 3. The predicted molar refractivity (Wildman–Crippen MR) is 79.5 cm³/mol. The van der Waals surface area contributed by atoms with Crippen molar-refractivity contribution < 1.29 is 14.3 Å². The minimum Gasteiger partial charge on any atom is -0.485 e. The number of fused-ring (bicyclic) bond motifs is 1. The lowest BCUT2D eigenvalue weighted by molar-refractivity contribution is -0.140. The summed E-state index contributed by atoms with van der Waals surface area (Å²) < 4.78 is 11.4. The van der Waals surface area contributed by atoms with Crippen LogP contribution in [0.15, 0.2) is 24.3 Å². The second-order valence-electron chi connectivity index (χ2n) is 5.28. The Morgan fingerprint density at radius 1 is 1.35 bits per heavy atom. The Morgan fingerprint density at radius 3 is 2.95 bits per heavy atom. The van der Waals surface area contributed by atoms with E-state index in [4.69, 9.17) is 9.47 Å². The molecule has 2 unspecified atom stereocenters. The van der Waals surface area contributed by atoms with E-state index in [0.717, 1.165) is 37.0 Å². The summed E-state index contributed by atoms with van der Waals surface area (Å²) in [7, 11) is 0. The van der Waals surface area contributed by atoms with Gasteiger partial charge in [0.25, 0.3) is 5.91 Å². The molecule has 2 atom stereocenters. The molecule has 2 heterocycles. The SMILES string of the molecule is O=C(C1COc2ccccc2O1)N1CCC(CCBr)C1. The summed E-state index contributed by atoms with van der Waals surface area (Å²) in [6.07, 6.45) is 1.70. The van der Waals surface area contributed by atoms with E-state index < -0.39 is 6.10 Å². The Kier molecular flexibility index (Phi) is 4.15. The molecule has 0 bridgehead atoms. The van der Waals surface area contributed by atoms with Crippen molar-refractivity contribution in [1.29, 1.82) is 0 Å². The van der Waals surface area contributed by atoms with Gasteiger partial charge < -0.3 is 14.4 Å². The number of halogens is 1. The van der Waals surface area contributed by atoms with E-state index in [9.17, 15) is 4.79 Å². The van der Waals surface area contributed by atoms with Crippen LogP contribution in [-0.4, -0.2) is 41.9 Å². The van der Waals surface area contributed by atoms with E-state index in [1.807, 2.05) is 29.2 Å². The normalized spacial score (nSPS) is 24.8. The summed E-state index contributed by atoms with van der Waals surface area (Å²) in [5.74, 6) is 2.04. The standard InChI is InChI=1S/C15H18BrNO3/c16-7-5-11-6-8-17(9-11)15(18)14-10-19-12-3-1-2-4-13(12)20-14/h1-4,11,14H,5-10H2. The monoisotopic (exact) mass is 339 g/mol. The zero-order chi connectivity index (χ0) is 13.9. The number of carbonyl (C=O) groups excluding carboxylic acids is 1. The van der Waals surface area contributed by atoms with E-state index in [1.165, 1.54) is 0 Å². The van der Waals surface area contributed by atoms with Crippen LogP contribution in [0.5, 0.6) is 11.5 Å². The van der Waals surface area contributed by atoms with Crippen molar-refractivity contribution in [2.75, 3.05) is 25.0 Å². The molecule has 1 amide bonds. The van der Waals surface area contributed by atoms with Crippen LogP contribution in [0.1, 0.15) is 12.8 Å². The predicted octanol–water partition coefficient (Wildman–Crippen LogP) is 2.46. The zero-order valence-electron chi connectivity index (χ0n) is 11.3. The first-order chi connectivity index (χ1) is 9.78. The Hall–Kier alpha value is -1.23. The summed E-state index contributed by atoms with van der Waals surface area (Å²) in [4.78, 5) is 14.4. The third kappa shape index (κ3) is 2.77. The fourth-order valence-corrected chi connectivity index (χ4v) is 3.42. The highest BCUT2D eigenvalue weighted by molar-refractivity contribution is 9.09. The number of amides is 1. The number of hydrogen-bond donors (Lipinski definition) is 0. The molecule has 0 aliphatic carbocycles. The minimum atomic E-state index is -0.507. The second kappa shape index (κ2) is 6.04. The van der Waals surface area contributed by atoms with Crippen molar-refractivity contribution in [2.45, 2.75) is 18.9 Å². The van der Waals surface area contributed by atoms with Crippen molar-refractivity contribution in [2.24, 2.45) is 5.92 Å². The molecular weight excluding hydrogens is 322 g/mol. The third-order valence-corrected chi connectivity index (χ3v) is 4.36. The van der Waals surface area contributed by atoms with Gasteiger partial charge in [0.15, 0.2) is 11.5 Å². The van der Waals surface area contributed by atoms with Crippen LogP contribution in [0.4, 0.5) is 0 Å². The molecule has 0 saturated carbocycles. The molecule has 1 fully saturated rings. The topological polar surface area (TPSA) is 38.8 Å². The fourth-order valence-electron chi connectivity index (χ4n) is 2.77. The van der Waals surface area contributed by atoms with Gasteiger partial charge in [0.2, 0.25) is 6.10 Å². The molecule has 0 spiro atoms. The lowest BCUT2D eigenvalue weighted by atomic mass is 10.1. The third-order valence-electron chi connectivity index (χ3n) is 3.90. The van der Waals surface area contributed by atoms with E-state index >= 15 is 0 Å². The molecule has 1 aromatic rings. The van der Waals surface area contributed by atoms with Gasteiger partial charge in [-0.3, -0.25) is 4.79 Å². The van der Waals surface area contributed by atoms with Crippen LogP contribution in [0, 0.1) is 5.92 Å². The van der Waals surface area contributed by atoms with Crippen molar-refractivity contribution in [3.8, 4) is 11.5 Å². The summed E-state index contributed by atoms with van der Waals surface area (Å²) in [6.45, 7) is 1.97. The zero-order valence-corrected chi connectivity index (χ0v) is 12.8. The summed E-state index contributed by atoms with van der Waals surface area (Å²) >= 11 is 3.46. The molecule has 1 aromatic carbocycles. The molecule has 0 radical (unpaired) electrons. The van der Waals surface area contributed by atoms with Crippen molar-refractivity contribution in [1.82, 2.24) is 4.90 Å². The van der Waals surface area contributed by atoms with Gasteiger partial charge in [-0.25, -0.2) is 0 Å². The molecule has 5 heteroatoms. The van der Waals surface area contributed by atoms with Gasteiger partial charge in [0.1, 0.15) is 6.61 Å². The maximum atomic E-state index is 12.5. The van der Waals surface area contributed by atoms with Gasteiger partial charge in [-0.15, -0.1) is 0 Å². The number of alkyl halides is 1. The fraction of sp³-hybridized carbons (Fsp3) is 0.533. The van der Waals surface area contributed by atoms with E-state index in [2.05, 4.69) is 15.9 Å². The Labute approximate surface area is 127 Å². The van der Waals surface area contributed by atoms with Crippen LogP contribution in [0.2, 0.25) is 0 Å². The molecule has 3 rings (SSSR count). The first-order valence-corrected chi connectivity index (χ1v) is 8.13. The molecular formula is C15H18BrNO3. The van der Waals surface area contributed by atoms with Crippen molar-refractivity contribution in [3.63, 3.8) is 0 Å². The molecule has 108 valence electrons. The Balaban J connectivity index is 1.62. The van der Waals surface area contributed by atoms with Crippen LogP contribution < -0.4 is 9.47 Å². The average molecular weight is 340 g/mol. The summed E-state index contributed by atoms with van der Waals surface area (Å²) in [5.41, 5.74) is 0. The number of benzene rings is 1. The minimum absolute atomic E-state index is 0.0524. The first kappa shape index (κ1) is 13.7. The maximum absolute atomic E-state index is 12.5. The van der Waals surface area contributed by atoms with Gasteiger partial charge in [0.05, 0.1) is 0 Å². The van der Waals surface area contributed by atoms with Gasteiger partial charge in [-0.2, -0.15) is 0 Å². The van der Waals surface area contributed by atoms with Crippen molar-refractivity contribution in [3.05, 3.63) is 24.3 Å². The highest BCUT2D eigenvalue weighted by atomic mass is 79.9. The number of ether oxygens (including phenoxy) is 2. The van der Waals surface area contributed by atoms with Crippen LogP contribution in [0.3, 0.4) is 0 Å². The second-order valence-corrected chi connectivity index (χ2v) is 6.07. The van der Waals surface area contributed by atoms with E-state index in [-0.39, 0.29) is 5.91 Å². The molecule has 0 N–H and O–H groups in total. The van der Waals surface area contributed by atoms with E-state index in [0.29, 0.717) is 18.3 Å². The van der Waals surface area contributed by atoms with Crippen LogP contribution in [-0.2, 0) is 4.79 Å². The molecule has 20 heavy (non-hydrogen) atoms. The Bertz CT molecular complexity index is 494. The molecule has 1 saturated heterocycles. The Morgan fingerprint density at radius 2 is 2.15 bits per heavy atom. The lowest BCUT2D eigenvalue weighted by Crippen LogP contribution is -2.45. The molecule has 0 aromatic heterocycles. The van der Waals surface area contributed by atoms with E-state index in [1.54, 1.807) is 0 Å². The van der Waals surface area contributed by atoms with Gasteiger partial charge in [-0.1, -0.05) is 28.1 Å². The highest BCUT2D eigenvalue weighted by Gasteiger charge is 2.34. The van der Waals surface area contributed by atoms with Crippen LogP contribution in [0.25, 0.3) is 0 Å². The number of hydrogen-bond acceptors (Lipinski definition) is 3. The van der Waals surface area contributed by atoms with Crippen LogP contribution >= 0.6 is 15.9 Å². The largest absolute Gasteiger partial charge is 0.485 e. The van der Waals surface area contributed by atoms with Gasteiger partial charge in [0, 0.05) is 18.4 Å². The smallest absolute Gasteiger partial charge is 0.267 e.